The molecule has 4 aliphatic rings. The van der Waals surface area contributed by atoms with Crippen molar-refractivity contribution in [3.63, 3.8) is 0 Å². The van der Waals surface area contributed by atoms with Gasteiger partial charge in [-0.1, -0.05) is 66.2 Å². The average molecular weight is 1130 g/mol. The van der Waals surface area contributed by atoms with E-state index < -0.39 is 141 Å². The number of carbonyl (C=O) groups excluding carboxylic acids is 6. The Balaban J connectivity index is 0.000000162. The Morgan fingerprint density at radius 1 is 0.635 bits per heavy atom. The first-order valence-electron chi connectivity index (χ1n) is 20.3. The Kier molecular flexibility index (Phi) is 14.6. The normalized spacial score (nSPS) is 17.4. The molecule has 30 heteroatoms. The van der Waals surface area contributed by atoms with Crippen molar-refractivity contribution in [2.75, 3.05) is 5.75 Å². The van der Waals surface area contributed by atoms with E-state index in [2.05, 4.69) is 5.32 Å². The van der Waals surface area contributed by atoms with Crippen molar-refractivity contribution in [3.05, 3.63) is 157 Å². The highest BCUT2D eigenvalue weighted by molar-refractivity contribution is 8.00. The van der Waals surface area contributed by atoms with E-state index in [1.165, 1.54) is 34.9 Å². The zero-order valence-electron chi connectivity index (χ0n) is 36.9. The van der Waals surface area contributed by atoms with Crippen LogP contribution in [-0.2, 0) is 54.9 Å². The maximum Gasteiger partial charge on any atom is 0.352 e. The summed E-state index contributed by atoms with van der Waals surface area (Å²) in [5.74, 6) is -5.69. The summed E-state index contributed by atoms with van der Waals surface area (Å²) in [6.07, 6.45) is 0. The lowest BCUT2D eigenvalue weighted by Crippen LogP contribution is -2.71. The van der Waals surface area contributed by atoms with E-state index in [1.807, 2.05) is 0 Å². The number of nitrogens with two attached hydrogens (primary N) is 1. The lowest BCUT2D eigenvalue weighted by Gasteiger charge is -2.49. The SMILES string of the molecule is CC1=C(C(=O)O)N2C(=O)C(NC(=O)C(N)c3ccc(O)c(Cl)c3)[C@H]2SC1.O=C1c2cccc(S(=O)(=O)O)c2C(=O)c2cccc(S(=O)(=O)O)c21.O=C1c2cccc(S(=O)(=O)O)c2C(=O)c2cccc(S(=O)(=O)O)c21. The molecule has 9 N–H and O–H groups in total. The summed E-state index contributed by atoms with van der Waals surface area (Å²) in [7, 11) is -19.1. The van der Waals surface area contributed by atoms with Gasteiger partial charge in [-0.15, -0.1) is 11.8 Å². The van der Waals surface area contributed by atoms with Gasteiger partial charge in [0, 0.05) is 28.0 Å². The standard InChI is InChI=1S/C16H16ClN3O5S.2C14H8O8S2/c1-6-5-26-15-11(14(23)20(15)12(6)16(24)25)19-13(22)10(18)7-2-3-9(21)8(17)4-7;2*15-13-7-3-1-5-9(23(17,18)19)11(7)14(16)8-4-2-6-10(12(8)13)24(20,21)22/h2-4,10-11,15,21H,5,18H2,1H3,(H,19,22)(H,24,25);2*1-6H,(H,17,18,19)(H,20,21,22)/t10?,11?,15-;;/m1../s1. The molecule has 0 spiro atoms. The van der Waals surface area contributed by atoms with Gasteiger partial charge >= 0.3 is 5.97 Å². The molecule has 386 valence electrons. The average Bonchev–Trinajstić information content (AvgIpc) is 3.32. The van der Waals surface area contributed by atoms with E-state index >= 15 is 0 Å². The summed E-state index contributed by atoms with van der Waals surface area (Å²) in [5, 5.41) is 20.9. The van der Waals surface area contributed by atoms with Gasteiger partial charge in [0.25, 0.3) is 46.4 Å². The van der Waals surface area contributed by atoms with Crippen LogP contribution in [0.5, 0.6) is 5.75 Å². The Hall–Kier alpha value is -7.03. The predicted octanol–water partition coefficient (Wildman–Crippen LogP) is 2.71. The van der Waals surface area contributed by atoms with Crippen LogP contribution >= 0.6 is 23.4 Å². The molecule has 1 saturated heterocycles. The number of rotatable bonds is 8. The van der Waals surface area contributed by atoms with Crippen molar-refractivity contribution in [2.45, 2.75) is 44.0 Å². The number of carboxylic acids is 1. The van der Waals surface area contributed by atoms with Crippen LogP contribution in [0.1, 0.15) is 82.2 Å². The first-order chi connectivity index (χ1) is 34.3. The smallest absolute Gasteiger partial charge is 0.352 e. The summed E-state index contributed by atoms with van der Waals surface area (Å²) >= 11 is 7.20. The molecule has 2 amide bonds. The van der Waals surface area contributed by atoms with Gasteiger partial charge in [-0.2, -0.15) is 33.7 Å². The molecule has 5 aromatic rings. The second-order valence-electron chi connectivity index (χ2n) is 16.0. The van der Waals surface area contributed by atoms with Gasteiger partial charge in [0.15, 0.2) is 23.1 Å². The topological polar surface area (TPSA) is 419 Å². The molecule has 2 aliphatic heterocycles. The first kappa shape index (κ1) is 54.7. The third kappa shape index (κ3) is 10.0. The fraction of sp³-hybridized carbons (Fsp3) is 0.114. The van der Waals surface area contributed by atoms with Crippen molar-refractivity contribution in [2.24, 2.45) is 5.73 Å². The number of amides is 2. The maximum atomic E-state index is 12.6. The largest absolute Gasteiger partial charge is 0.506 e. The molecule has 2 unspecified atom stereocenters. The number of hydrogen-bond donors (Lipinski definition) is 8. The molecule has 3 atom stereocenters. The predicted molar refractivity (Wildman–Crippen MR) is 254 cm³/mol. The molecular formula is C44H32ClN3O21S5. The minimum Gasteiger partial charge on any atom is -0.506 e. The van der Waals surface area contributed by atoms with Crippen molar-refractivity contribution in [1.29, 1.82) is 0 Å². The van der Waals surface area contributed by atoms with Crippen LogP contribution in [0.4, 0.5) is 0 Å². The number of phenolic OH excluding ortho intramolecular Hbond substituents is 1. The van der Waals surface area contributed by atoms with Crippen LogP contribution in [0.25, 0.3) is 0 Å². The Labute approximate surface area is 426 Å². The van der Waals surface area contributed by atoms with Crippen LogP contribution in [-0.4, -0.2) is 125 Å². The minimum absolute atomic E-state index is 0.0288. The van der Waals surface area contributed by atoms with Crippen LogP contribution in [0.3, 0.4) is 0 Å². The van der Waals surface area contributed by atoms with Crippen molar-refractivity contribution < 1.29 is 95.7 Å². The Morgan fingerprint density at radius 2 is 0.986 bits per heavy atom. The van der Waals surface area contributed by atoms with E-state index in [4.69, 9.17) is 17.3 Å². The highest BCUT2D eigenvalue weighted by atomic mass is 35.5. The molecule has 74 heavy (non-hydrogen) atoms. The monoisotopic (exact) mass is 1130 g/mol. The number of carbonyl (C=O) groups is 7. The Bertz CT molecular complexity index is 3530. The molecule has 5 aromatic carbocycles. The number of carboxylic acid groups (broad SMARTS) is 1. The van der Waals surface area contributed by atoms with Crippen LogP contribution in [0, 0.1) is 0 Å². The number of fused-ring (bicyclic) bond motifs is 5. The van der Waals surface area contributed by atoms with E-state index in [0.29, 0.717) is 16.9 Å². The van der Waals surface area contributed by atoms with Crippen molar-refractivity contribution >= 4 is 105 Å². The van der Waals surface area contributed by atoms with E-state index in [0.717, 1.165) is 72.8 Å². The van der Waals surface area contributed by atoms with Crippen LogP contribution < -0.4 is 11.1 Å². The number of aliphatic carboxylic acids is 1. The second kappa shape index (κ2) is 19.7. The third-order valence-electron chi connectivity index (χ3n) is 11.4. The highest BCUT2D eigenvalue weighted by Crippen LogP contribution is 2.41. The third-order valence-corrected chi connectivity index (χ3v) is 16.7. The number of nitrogens with one attached hydrogen (secondary N) is 1. The molecular weight excluding hydrogens is 1100 g/mol. The first-order valence-corrected chi connectivity index (χ1v) is 27.5. The van der Waals surface area contributed by atoms with Gasteiger partial charge in [0.2, 0.25) is 5.91 Å². The summed E-state index contributed by atoms with van der Waals surface area (Å²) < 4.78 is 129. The van der Waals surface area contributed by atoms with Crippen LogP contribution in [0.2, 0.25) is 5.02 Å². The minimum atomic E-state index is -4.78. The zero-order valence-corrected chi connectivity index (χ0v) is 41.7. The highest BCUT2D eigenvalue weighted by Gasteiger charge is 2.54. The van der Waals surface area contributed by atoms with E-state index in [1.54, 1.807) is 6.92 Å². The number of nitrogens with zero attached hydrogens (tertiary/aromatic N) is 1. The van der Waals surface area contributed by atoms with E-state index in [-0.39, 0.29) is 38.7 Å². The molecule has 0 saturated carbocycles. The lowest BCUT2D eigenvalue weighted by atomic mass is 9.84. The molecule has 0 bridgehead atoms. The number of hydrogen-bond acceptors (Lipinski definition) is 18. The number of thioether (sulfide) groups is 1. The zero-order chi connectivity index (χ0) is 54.9. The second-order valence-corrected chi connectivity index (χ2v) is 23.0. The number of aromatic hydroxyl groups is 1. The lowest BCUT2D eigenvalue weighted by molar-refractivity contribution is -0.150. The van der Waals surface area contributed by atoms with Crippen LogP contribution in [0.15, 0.2) is 122 Å². The summed E-state index contributed by atoms with van der Waals surface area (Å²) in [4.78, 5) is 84.7. The molecule has 0 aromatic heterocycles. The fourth-order valence-corrected chi connectivity index (χ4v) is 12.4. The number of β-lactam (4-membered cyclic amide) rings is 1. The van der Waals surface area contributed by atoms with Gasteiger partial charge in [-0.25, -0.2) is 4.79 Å². The molecule has 9 rings (SSSR count). The molecule has 24 nitrogen and oxygen atoms in total. The number of ketones is 4. The van der Waals surface area contributed by atoms with Gasteiger partial charge in [-0.05, 0) is 54.5 Å². The van der Waals surface area contributed by atoms with Crippen molar-refractivity contribution in [1.82, 2.24) is 10.2 Å². The molecule has 0 radical (unpaired) electrons. The maximum absolute atomic E-state index is 12.6. The van der Waals surface area contributed by atoms with Gasteiger partial charge in [0.05, 0.1) is 27.3 Å². The number of phenols is 1. The quantitative estimate of drug-likeness (QED) is 0.0801. The van der Waals surface area contributed by atoms with Crippen molar-refractivity contribution in [3.8, 4) is 5.75 Å². The van der Waals surface area contributed by atoms with Gasteiger partial charge < -0.3 is 21.3 Å². The summed E-state index contributed by atoms with van der Waals surface area (Å²) in [5.41, 5.74) is 3.21. The molecule has 2 heterocycles. The van der Waals surface area contributed by atoms with Gasteiger partial charge in [-0.3, -0.25) is 51.9 Å². The Morgan fingerprint density at radius 3 is 1.30 bits per heavy atom. The van der Waals surface area contributed by atoms with E-state index in [9.17, 15) is 95.7 Å². The fourth-order valence-electron chi connectivity index (χ4n) is 8.10. The summed E-state index contributed by atoms with van der Waals surface area (Å²) in [6.45, 7) is 1.66. The molecule has 2 aliphatic carbocycles. The number of benzene rings is 5. The number of halogens is 1. The van der Waals surface area contributed by atoms with Gasteiger partial charge in [0.1, 0.15) is 48.5 Å². The molecule has 1 fully saturated rings. The summed E-state index contributed by atoms with van der Waals surface area (Å²) in [6, 6.07) is 15.1.